The van der Waals surface area contributed by atoms with Crippen molar-refractivity contribution in [2.75, 3.05) is 11.9 Å². The number of nitrogens with zero attached hydrogens (tertiary/aromatic N) is 2. The van der Waals surface area contributed by atoms with Crippen LogP contribution < -0.4 is 10.0 Å². The third-order valence-electron chi connectivity index (χ3n) is 1.55. The van der Waals surface area contributed by atoms with Gasteiger partial charge in [-0.2, -0.15) is 0 Å². The minimum absolute atomic E-state index is 0.106. The van der Waals surface area contributed by atoms with Crippen LogP contribution in [0.15, 0.2) is 4.34 Å². The SMILES string of the molecule is CC(=O)Nc1nnc(S(=O)(=O)NC(C)CO)s1. The first-order valence-electron chi connectivity index (χ1n) is 4.59. The van der Waals surface area contributed by atoms with Gasteiger partial charge in [-0.15, -0.1) is 10.2 Å². The summed E-state index contributed by atoms with van der Waals surface area (Å²) in [7, 11) is -3.80. The number of aromatic nitrogens is 2. The summed E-state index contributed by atoms with van der Waals surface area (Å²) in [6.07, 6.45) is 0. The van der Waals surface area contributed by atoms with E-state index in [9.17, 15) is 13.2 Å². The number of nitrogens with one attached hydrogen (secondary N) is 2. The summed E-state index contributed by atoms with van der Waals surface area (Å²) >= 11 is 0.734. The van der Waals surface area contributed by atoms with Gasteiger partial charge in [-0.1, -0.05) is 11.3 Å². The highest BCUT2D eigenvalue weighted by atomic mass is 32.2. The molecular weight excluding hydrogens is 268 g/mol. The Hall–Kier alpha value is -1.10. The van der Waals surface area contributed by atoms with Gasteiger partial charge in [-0.05, 0) is 6.92 Å². The molecule has 1 heterocycles. The second kappa shape index (κ2) is 5.49. The van der Waals surface area contributed by atoms with Crippen molar-refractivity contribution >= 4 is 32.4 Å². The van der Waals surface area contributed by atoms with E-state index < -0.39 is 16.1 Å². The molecule has 0 aliphatic carbocycles. The van der Waals surface area contributed by atoms with Crippen LogP contribution in [0.2, 0.25) is 0 Å². The van der Waals surface area contributed by atoms with Crippen LogP contribution in [0.5, 0.6) is 0 Å². The average Bonchev–Trinajstić information content (AvgIpc) is 2.65. The molecule has 0 spiro atoms. The second-order valence-corrected chi connectivity index (χ2v) is 6.12. The maximum atomic E-state index is 11.7. The predicted molar refractivity (Wildman–Crippen MR) is 61.1 cm³/mol. The summed E-state index contributed by atoms with van der Waals surface area (Å²) in [5.41, 5.74) is 0. The zero-order valence-corrected chi connectivity index (χ0v) is 10.8. The molecule has 1 atom stereocenters. The largest absolute Gasteiger partial charge is 0.395 e. The third kappa shape index (κ3) is 4.00. The maximum absolute atomic E-state index is 11.7. The van der Waals surface area contributed by atoms with Crippen molar-refractivity contribution in [3.63, 3.8) is 0 Å². The zero-order chi connectivity index (χ0) is 13.1. The molecule has 10 heteroatoms. The topological polar surface area (TPSA) is 121 Å². The minimum atomic E-state index is -3.80. The molecule has 0 saturated heterocycles. The fraction of sp³-hybridized carbons (Fsp3) is 0.571. The standard InChI is InChI=1S/C7H12N4O4S2/c1-4(3-12)11-17(14,15)7-10-9-6(16-7)8-5(2)13/h4,11-12H,3H2,1-2H3,(H,8,9,13). The third-order valence-corrected chi connectivity index (χ3v) is 4.35. The highest BCUT2D eigenvalue weighted by Crippen LogP contribution is 2.19. The lowest BCUT2D eigenvalue weighted by atomic mass is 10.4. The molecule has 0 aromatic carbocycles. The molecular formula is C7H12N4O4S2. The molecule has 8 nitrogen and oxygen atoms in total. The van der Waals surface area contributed by atoms with Crippen LogP contribution in [-0.4, -0.2) is 42.3 Å². The molecule has 0 radical (unpaired) electrons. The smallest absolute Gasteiger partial charge is 0.270 e. The van der Waals surface area contributed by atoms with Crippen molar-refractivity contribution in [3.05, 3.63) is 0 Å². The number of carbonyl (C=O) groups excluding carboxylic acids is 1. The van der Waals surface area contributed by atoms with Crippen LogP contribution in [0.1, 0.15) is 13.8 Å². The van der Waals surface area contributed by atoms with Gasteiger partial charge >= 0.3 is 0 Å². The number of aliphatic hydroxyl groups is 1. The lowest BCUT2D eigenvalue weighted by Crippen LogP contribution is -2.34. The summed E-state index contributed by atoms with van der Waals surface area (Å²) in [5, 5.41) is 18.1. The van der Waals surface area contributed by atoms with Gasteiger partial charge in [0.05, 0.1) is 6.61 Å². The van der Waals surface area contributed by atoms with Crippen LogP contribution in [0.25, 0.3) is 0 Å². The van der Waals surface area contributed by atoms with Crippen molar-refractivity contribution in [1.29, 1.82) is 0 Å². The molecule has 1 aromatic heterocycles. The fourth-order valence-electron chi connectivity index (χ4n) is 0.872. The van der Waals surface area contributed by atoms with Gasteiger partial charge in [0.15, 0.2) is 0 Å². The van der Waals surface area contributed by atoms with Crippen LogP contribution in [-0.2, 0) is 14.8 Å². The lowest BCUT2D eigenvalue weighted by molar-refractivity contribution is -0.114. The number of rotatable bonds is 5. The number of aliphatic hydroxyl groups excluding tert-OH is 1. The molecule has 0 fully saturated rings. The molecule has 96 valence electrons. The molecule has 0 saturated carbocycles. The normalized spacial score (nSPS) is 13.4. The number of hydrogen-bond acceptors (Lipinski definition) is 7. The number of hydrogen-bond donors (Lipinski definition) is 3. The Bertz CT molecular complexity index is 498. The first-order valence-corrected chi connectivity index (χ1v) is 6.89. The molecule has 0 aliphatic heterocycles. The summed E-state index contributed by atoms with van der Waals surface area (Å²) in [6, 6.07) is -0.617. The second-order valence-electron chi connectivity index (χ2n) is 3.26. The molecule has 1 amide bonds. The van der Waals surface area contributed by atoms with Crippen LogP contribution in [0.3, 0.4) is 0 Å². The molecule has 1 aromatic rings. The van der Waals surface area contributed by atoms with Gasteiger partial charge in [0.2, 0.25) is 15.4 Å². The van der Waals surface area contributed by atoms with Gasteiger partial charge in [-0.25, -0.2) is 13.1 Å². The van der Waals surface area contributed by atoms with Gasteiger partial charge in [-0.3, -0.25) is 4.79 Å². The van der Waals surface area contributed by atoms with Gasteiger partial charge in [0.25, 0.3) is 10.0 Å². The highest BCUT2D eigenvalue weighted by molar-refractivity contribution is 7.91. The van der Waals surface area contributed by atoms with Gasteiger partial charge < -0.3 is 10.4 Å². The van der Waals surface area contributed by atoms with Gasteiger partial charge in [0, 0.05) is 13.0 Å². The van der Waals surface area contributed by atoms with E-state index in [1.54, 1.807) is 0 Å². The Kier molecular flexibility index (Phi) is 4.51. The lowest BCUT2D eigenvalue weighted by Gasteiger charge is -2.08. The zero-order valence-electron chi connectivity index (χ0n) is 9.17. The number of carbonyl (C=O) groups is 1. The predicted octanol–water partition coefficient (Wildman–Crippen LogP) is -0.844. The monoisotopic (exact) mass is 280 g/mol. The summed E-state index contributed by atoms with van der Waals surface area (Å²) in [4.78, 5) is 10.7. The first kappa shape index (κ1) is 14.0. The first-order chi connectivity index (χ1) is 7.85. The van der Waals surface area contributed by atoms with E-state index in [0.717, 1.165) is 11.3 Å². The highest BCUT2D eigenvalue weighted by Gasteiger charge is 2.22. The molecule has 17 heavy (non-hydrogen) atoms. The van der Waals surface area contributed by atoms with E-state index in [0.29, 0.717) is 0 Å². The Morgan fingerprint density at radius 2 is 2.18 bits per heavy atom. The van der Waals surface area contributed by atoms with Crippen molar-refractivity contribution in [1.82, 2.24) is 14.9 Å². The van der Waals surface area contributed by atoms with Crippen molar-refractivity contribution < 1.29 is 18.3 Å². The van der Waals surface area contributed by atoms with Crippen molar-refractivity contribution in [2.45, 2.75) is 24.2 Å². The summed E-state index contributed by atoms with van der Waals surface area (Å²) < 4.78 is 25.3. The van der Waals surface area contributed by atoms with Gasteiger partial charge in [0.1, 0.15) is 0 Å². The Morgan fingerprint density at radius 3 is 2.71 bits per heavy atom. The molecule has 3 N–H and O–H groups in total. The molecule has 1 rings (SSSR count). The average molecular weight is 280 g/mol. The number of anilines is 1. The van der Waals surface area contributed by atoms with E-state index in [1.807, 2.05) is 0 Å². The quantitative estimate of drug-likeness (QED) is 0.604. The molecule has 0 bridgehead atoms. The van der Waals surface area contributed by atoms with Crippen LogP contribution in [0.4, 0.5) is 5.13 Å². The maximum Gasteiger partial charge on any atom is 0.270 e. The van der Waals surface area contributed by atoms with Crippen molar-refractivity contribution in [3.8, 4) is 0 Å². The fourth-order valence-corrected chi connectivity index (χ4v) is 3.07. The molecule has 0 aliphatic rings. The van der Waals surface area contributed by atoms with E-state index in [1.165, 1.54) is 13.8 Å². The number of sulfonamides is 1. The minimum Gasteiger partial charge on any atom is -0.395 e. The van der Waals surface area contributed by atoms with E-state index >= 15 is 0 Å². The van der Waals surface area contributed by atoms with E-state index in [2.05, 4.69) is 20.2 Å². The van der Waals surface area contributed by atoms with E-state index in [4.69, 9.17) is 5.11 Å². The number of amides is 1. The Balaban J connectivity index is 2.85. The van der Waals surface area contributed by atoms with Crippen LogP contribution in [0, 0.1) is 0 Å². The Labute approximate surface area is 102 Å². The summed E-state index contributed by atoms with van der Waals surface area (Å²) in [5.74, 6) is -0.359. The summed E-state index contributed by atoms with van der Waals surface area (Å²) in [6.45, 7) is 2.46. The molecule has 1 unspecified atom stereocenters. The van der Waals surface area contributed by atoms with Crippen LogP contribution >= 0.6 is 11.3 Å². The Morgan fingerprint density at radius 1 is 1.53 bits per heavy atom. The van der Waals surface area contributed by atoms with Crippen molar-refractivity contribution in [2.24, 2.45) is 0 Å². The van der Waals surface area contributed by atoms with E-state index in [-0.39, 0.29) is 22.0 Å².